The lowest BCUT2D eigenvalue weighted by Gasteiger charge is -1.93. The van der Waals surface area contributed by atoms with Crippen LogP contribution < -0.4 is 0 Å². The van der Waals surface area contributed by atoms with Crippen LogP contribution in [0.1, 0.15) is 4.88 Å². The van der Waals surface area contributed by atoms with Crippen molar-refractivity contribution in [1.82, 2.24) is 0 Å². The minimum absolute atomic E-state index is 0.234. The van der Waals surface area contributed by atoms with Gasteiger partial charge in [0.25, 0.3) is 0 Å². The maximum absolute atomic E-state index is 10.9. The fourth-order valence-electron chi connectivity index (χ4n) is 1.66. The molecule has 1 aliphatic heterocycles. The first-order chi connectivity index (χ1) is 7.33. The van der Waals surface area contributed by atoms with Crippen LogP contribution in [0.4, 0.5) is 0 Å². The summed E-state index contributed by atoms with van der Waals surface area (Å²) in [7, 11) is 0. The van der Waals surface area contributed by atoms with Gasteiger partial charge >= 0.3 is 5.97 Å². The van der Waals surface area contributed by atoms with Gasteiger partial charge in [-0.2, -0.15) is 0 Å². The van der Waals surface area contributed by atoms with Gasteiger partial charge in [-0.25, -0.2) is 4.79 Å². The molecule has 1 aromatic carbocycles. The van der Waals surface area contributed by atoms with E-state index in [4.69, 9.17) is 4.74 Å². The Morgan fingerprint density at radius 3 is 2.87 bits per heavy atom. The third-order valence-corrected chi connectivity index (χ3v) is 3.60. The topological polar surface area (TPSA) is 26.3 Å². The van der Waals surface area contributed by atoms with Crippen molar-refractivity contribution < 1.29 is 9.53 Å². The molecule has 2 aromatic rings. The Balaban J connectivity index is 2.12. The SMILES string of the molecule is O=C1C=C(c2cc3ccccc3s2)CO1. The average Bonchev–Trinajstić information content (AvgIpc) is 2.82. The van der Waals surface area contributed by atoms with Crippen LogP contribution in [0.15, 0.2) is 36.4 Å². The fourth-order valence-corrected chi connectivity index (χ4v) is 2.72. The van der Waals surface area contributed by atoms with Crippen molar-refractivity contribution in [2.24, 2.45) is 0 Å². The monoisotopic (exact) mass is 216 g/mol. The van der Waals surface area contributed by atoms with Gasteiger partial charge in [0.2, 0.25) is 0 Å². The molecule has 0 saturated carbocycles. The summed E-state index contributed by atoms with van der Waals surface area (Å²) in [5, 5.41) is 1.22. The largest absolute Gasteiger partial charge is 0.458 e. The molecular weight excluding hydrogens is 208 g/mol. The van der Waals surface area contributed by atoms with Gasteiger partial charge in [-0.3, -0.25) is 0 Å². The van der Waals surface area contributed by atoms with E-state index in [1.165, 1.54) is 10.1 Å². The van der Waals surface area contributed by atoms with Crippen LogP contribution >= 0.6 is 11.3 Å². The molecule has 0 spiro atoms. The van der Waals surface area contributed by atoms with Gasteiger partial charge in [-0.1, -0.05) is 18.2 Å². The zero-order valence-corrected chi connectivity index (χ0v) is 8.71. The van der Waals surface area contributed by atoms with E-state index in [1.54, 1.807) is 17.4 Å². The van der Waals surface area contributed by atoms with Crippen LogP contribution in [-0.2, 0) is 9.53 Å². The van der Waals surface area contributed by atoms with Crippen molar-refractivity contribution in [1.29, 1.82) is 0 Å². The lowest BCUT2D eigenvalue weighted by molar-refractivity contribution is -0.134. The molecule has 1 aromatic heterocycles. The number of hydrogen-bond donors (Lipinski definition) is 0. The first-order valence-corrected chi connectivity index (χ1v) is 5.51. The van der Waals surface area contributed by atoms with Crippen molar-refractivity contribution in [3.63, 3.8) is 0 Å². The predicted octanol–water partition coefficient (Wildman–Crippen LogP) is 2.84. The van der Waals surface area contributed by atoms with Gasteiger partial charge < -0.3 is 4.74 Å². The minimum Gasteiger partial charge on any atom is -0.458 e. The highest BCUT2D eigenvalue weighted by molar-refractivity contribution is 7.20. The summed E-state index contributed by atoms with van der Waals surface area (Å²) >= 11 is 1.70. The van der Waals surface area contributed by atoms with E-state index in [0.29, 0.717) is 6.61 Å². The Kier molecular flexibility index (Phi) is 1.86. The second kappa shape index (κ2) is 3.21. The number of fused-ring (bicyclic) bond motifs is 1. The molecule has 0 atom stereocenters. The average molecular weight is 216 g/mol. The number of cyclic esters (lactones) is 1. The number of carbonyl (C=O) groups is 1. The molecule has 0 radical (unpaired) electrons. The van der Waals surface area contributed by atoms with Crippen LogP contribution in [0.5, 0.6) is 0 Å². The first-order valence-electron chi connectivity index (χ1n) is 4.69. The summed E-state index contributed by atoms with van der Waals surface area (Å²) in [6.07, 6.45) is 1.57. The van der Waals surface area contributed by atoms with Crippen molar-refractivity contribution in [3.8, 4) is 0 Å². The quantitative estimate of drug-likeness (QED) is 0.685. The van der Waals surface area contributed by atoms with Crippen molar-refractivity contribution in [2.45, 2.75) is 0 Å². The van der Waals surface area contributed by atoms with Crippen molar-refractivity contribution in [2.75, 3.05) is 6.61 Å². The van der Waals surface area contributed by atoms with Crippen LogP contribution in [0.2, 0.25) is 0 Å². The molecular formula is C12H8O2S. The lowest BCUT2D eigenvalue weighted by Crippen LogP contribution is -1.90. The fraction of sp³-hybridized carbons (Fsp3) is 0.0833. The second-order valence-electron chi connectivity index (χ2n) is 3.43. The van der Waals surface area contributed by atoms with Gasteiger partial charge in [0, 0.05) is 21.2 Å². The zero-order valence-electron chi connectivity index (χ0n) is 7.90. The van der Waals surface area contributed by atoms with Crippen LogP contribution in [0, 0.1) is 0 Å². The van der Waals surface area contributed by atoms with Crippen LogP contribution in [0.25, 0.3) is 15.7 Å². The van der Waals surface area contributed by atoms with E-state index in [-0.39, 0.29) is 5.97 Å². The molecule has 3 rings (SSSR count). The Bertz CT molecular complexity index is 533. The van der Waals surface area contributed by atoms with Crippen molar-refractivity contribution in [3.05, 3.63) is 41.3 Å². The van der Waals surface area contributed by atoms with Gasteiger partial charge in [0.05, 0.1) is 0 Å². The molecule has 3 heteroatoms. The summed E-state index contributed by atoms with van der Waals surface area (Å²) in [5.74, 6) is -0.234. The molecule has 0 saturated heterocycles. The first kappa shape index (κ1) is 8.68. The smallest absolute Gasteiger partial charge is 0.331 e. The van der Waals surface area contributed by atoms with E-state index in [2.05, 4.69) is 18.2 Å². The highest BCUT2D eigenvalue weighted by Gasteiger charge is 2.16. The lowest BCUT2D eigenvalue weighted by atomic mass is 10.2. The Labute approximate surface area is 90.8 Å². The van der Waals surface area contributed by atoms with E-state index in [1.807, 2.05) is 12.1 Å². The molecule has 0 unspecified atom stereocenters. The highest BCUT2D eigenvalue weighted by atomic mass is 32.1. The Morgan fingerprint density at radius 1 is 1.27 bits per heavy atom. The molecule has 1 aliphatic rings. The van der Waals surface area contributed by atoms with Gasteiger partial charge in [-0.15, -0.1) is 11.3 Å². The minimum atomic E-state index is -0.234. The zero-order chi connectivity index (χ0) is 10.3. The maximum Gasteiger partial charge on any atom is 0.331 e. The number of thiophene rings is 1. The van der Waals surface area contributed by atoms with Gasteiger partial charge in [0.15, 0.2) is 0 Å². The van der Waals surface area contributed by atoms with E-state index >= 15 is 0 Å². The number of esters is 1. The summed E-state index contributed by atoms with van der Waals surface area (Å²) in [5.41, 5.74) is 0.987. The molecule has 0 bridgehead atoms. The molecule has 74 valence electrons. The van der Waals surface area contributed by atoms with Crippen LogP contribution in [-0.4, -0.2) is 12.6 Å². The van der Waals surface area contributed by atoms with E-state index in [9.17, 15) is 4.79 Å². The standard InChI is InChI=1S/C12H8O2S/c13-12-6-9(7-14-12)11-5-8-3-1-2-4-10(8)15-11/h1-6H,7H2. The highest BCUT2D eigenvalue weighted by Crippen LogP contribution is 2.31. The molecule has 2 nitrogen and oxygen atoms in total. The molecule has 0 N–H and O–H groups in total. The normalized spacial score (nSPS) is 15.5. The Hall–Kier alpha value is -1.61. The van der Waals surface area contributed by atoms with Crippen LogP contribution in [0.3, 0.4) is 0 Å². The Morgan fingerprint density at radius 2 is 2.13 bits per heavy atom. The molecule has 0 fully saturated rings. The summed E-state index contributed by atoms with van der Waals surface area (Å²) in [6.45, 7) is 0.408. The molecule has 0 amide bonds. The van der Waals surface area contributed by atoms with E-state index < -0.39 is 0 Å². The van der Waals surface area contributed by atoms with Gasteiger partial charge in [0.1, 0.15) is 6.61 Å². The number of carbonyl (C=O) groups excluding carboxylic acids is 1. The second-order valence-corrected chi connectivity index (χ2v) is 4.51. The number of rotatable bonds is 1. The third-order valence-electron chi connectivity index (χ3n) is 2.40. The third kappa shape index (κ3) is 1.45. The molecule has 2 heterocycles. The van der Waals surface area contributed by atoms with Crippen molar-refractivity contribution >= 4 is 33.0 Å². The van der Waals surface area contributed by atoms with Gasteiger partial charge in [-0.05, 0) is 17.5 Å². The molecule has 15 heavy (non-hydrogen) atoms. The molecule has 0 aliphatic carbocycles. The summed E-state index contributed by atoms with van der Waals surface area (Å²) in [6, 6.07) is 10.3. The number of benzene rings is 1. The summed E-state index contributed by atoms with van der Waals surface area (Å²) in [4.78, 5) is 12.1. The number of hydrogen-bond acceptors (Lipinski definition) is 3. The summed E-state index contributed by atoms with van der Waals surface area (Å²) < 4.78 is 6.13. The maximum atomic E-state index is 10.9. The van der Waals surface area contributed by atoms with E-state index in [0.717, 1.165) is 10.5 Å². The number of ether oxygens (including phenoxy) is 1. The predicted molar refractivity (Wildman–Crippen MR) is 60.8 cm³/mol.